The summed E-state index contributed by atoms with van der Waals surface area (Å²) < 4.78 is 5.56. The van der Waals surface area contributed by atoms with Crippen molar-refractivity contribution in [1.29, 1.82) is 0 Å². The lowest BCUT2D eigenvalue weighted by atomic mass is 9.98. The smallest absolute Gasteiger partial charge is 0.316 e. The van der Waals surface area contributed by atoms with Gasteiger partial charge in [0.1, 0.15) is 5.75 Å². The second-order valence-electron chi connectivity index (χ2n) is 6.42. The fourth-order valence-corrected chi connectivity index (χ4v) is 2.63. The fraction of sp³-hybridized carbons (Fsp3) is 0.300. The van der Waals surface area contributed by atoms with E-state index < -0.39 is 6.03 Å². The first-order valence-corrected chi connectivity index (χ1v) is 8.50. The van der Waals surface area contributed by atoms with Gasteiger partial charge in [-0.25, -0.2) is 4.79 Å². The Bertz CT molecular complexity index is 770. The van der Waals surface area contributed by atoms with E-state index in [1.165, 1.54) is 5.56 Å². The van der Waals surface area contributed by atoms with E-state index in [9.17, 15) is 9.59 Å². The summed E-state index contributed by atoms with van der Waals surface area (Å²) in [5, 5.41) is 5.28. The van der Waals surface area contributed by atoms with Gasteiger partial charge < -0.3 is 21.1 Å². The molecule has 4 N–H and O–H groups in total. The van der Waals surface area contributed by atoms with E-state index in [4.69, 9.17) is 10.5 Å². The molecule has 26 heavy (non-hydrogen) atoms. The Kier molecular flexibility index (Phi) is 6.60. The second kappa shape index (κ2) is 8.89. The van der Waals surface area contributed by atoms with Gasteiger partial charge in [0, 0.05) is 12.2 Å². The van der Waals surface area contributed by atoms with Crippen LogP contribution in [0.5, 0.6) is 5.75 Å². The van der Waals surface area contributed by atoms with Crippen molar-refractivity contribution >= 4 is 17.6 Å². The maximum absolute atomic E-state index is 12.0. The SMILES string of the molecule is Cc1cc(OCC(=O)NCc2ccc(NC(N)=O)cc2)ccc1C(C)C. The number of carbonyl (C=O) groups is 2. The number of aryl methyl sites for hydroxylation is 1. The van der Waals surface area contributed by atoms with E-state index in [1.807, 2.05) is 25.1 Å². The van der Waals surface area contributed by atoms with E-state index in [0.29, 0.717) is 23.9 Å². The number of anilines is 1. The average Bonchev–Trinajstić information content (AvgIpc) is 2.58. The van der Waals surface area contributed by atoms with E-state index in [-0.39, 0.29) is 12.5 Å². The summed E-state index contributed by atoms with van der Waals surface area (Å²) in [6.45, 7) is 6.67. The van der Waals surface area contributed by atoms with E-state index in [2.05, 4.69) is 24.5 Å². The Balaban J connectivity index is 1.80. The van der Waals surface area contributed by atoms with Crippen LogP contribution in [0, 0.1) is 6.92 Å². The monoisotopic (exact) mass is 355 g/mol. The molecule has 0 saturated carbocycles. The Morgan fingerprint density at radius 1 is 1.12 bits per heavy atom. The summed E-state index contributed by atoms with van der Waals surface area (Å²) in [4.78, 5) is 22.7. The number of nitrogens with one attached hydrogen (secondary N) is 2. The van der Waals surface area contributed by atoms with Gasteiger partial charge in [-0.3, -0.25) is 4.79 Å². The summed E-state index contributed by atoms with van der Waals surface area (Å²) in [6.07, 6.45) is 0. The normalized spacial score (nSPS) is 10.5. The predicted molar refractivity (Wildman–Crippen MR) is 102 cm³/mol. The number of ether oxygens (including phenoxy) is 1. The second-order valence-corrected chi connectivity index (χ2v) is 6.42. The zero-order valence-electron chi connectivity index (χ0n) is 15.3. The van der Waals surface area contributed by atoms with Crippen molar-refractivity contribution < 1.29 is 14.3 Å². The number of rotatable bonds is 7. The molecule has 0 spiro atoms. The van der Waals surface area contributed by atoms with Crippen LogP contribution in [-0.4, -0.2) is 18.5 Å². The Morgan fingerprint density at radius 2 is 1.81 bits per heavy atom. The van der Waals surface area contributed by atoms with Gasteiger partial charge in [-0.05, 0) is 53.8 Å². The molecule has 2 rings (SSSR count). The van der Waals surface area contributed by atoms with Crippen LogP contribution >= 0.6 is 0 Å². The van der Waals surface area contributed by atoms with Crippen molar-refractivity contribution in [2.24, 2.45) is 5.73 Å². The molecule has 0 aliphatic carbocycles. The molecule has 138 valence electrons. The van der Waals surface area contributed by atoms with Crippen molar-refractivity contribution in [2.75, 3.05) is 11.9 Å². The number of primary amides is 1. The topological polar surface area (TPSA) is 93.4 Å². The minimum absolute atomic E-state index is 0.0399. The molecule has 6 heteroatoms. The first-order valence-electron chi connectivity index (χ1n) is 8.50. The molecular formula is C20H25N3O3. The molecule has 0 fully saturated rings. The van der Waals surface area contributed by atoms with Gasteiger partial charge in [-0.1, -0.05) is 32.0 Å². The number of carbonyl (C=O) groups excluding carboxylic acids is 2. The first kappa shape index (κ1) is 19.3. The highest BCUT2D eigenvalue weighted by molar-refractivity contribution is 5.87. The third-order valence-electron chi connectivity index (χ3n) is 3.94. The van der Waals surface area contributed by atoms with Gasteiger partial charge in [-0.15, -0.1) is 0 Å². The Hall–Kier alpha value is -3.02. The van der Waals surface area contributed by atoms with Gasteiger partial charge in [0.15, 0.2) is 6.61 Å². The van der Waals surface area contributed by atoms with E-state index in [0.717, 1.165) is 11.1 Å². The van der Waals surface area contributed by atoms with Crippen LogP contribution < -0.4 is 21.1 Å². The molecular weight excluding hydrogens is 330 g/mol. The van der Waals surface area contributed by atoms with Crippen LogP contribution in [0.3, 0.4) is 0 Å². The number of amides is 3. The van der Waals surface area contributed by atoms with Gasteiger partial charge >= 0.3 is 6.03 Å². The fourth-order valence-electron chi connectivity index (χ4n) is 2.63. The molecule has 2 aromatic carbocycles. The average molecular weight is 355 g/mol. The summed E-state index contributed by atoms with van der Waals surface area (Å²) in [5.41, 5.74) is 9.00. The van der Waals surface area contributed by atoms with Crippen molar-refractivity contribution in [2.45, 2.75) is 33.2 Å². The van der Waals surface area contributed by atoms with Crippen LogP contribution in [0.25, 0.3) is 0 Å². The number of nitrogens with two attached hydrogens (primary N) is 1. The molecule has 0 aliphatic heterocycles. The van der Waals surface area contributed by atoms with E-state index in [1.54, 1.807) is 24.3 Å². The van der Waals surface area contributed by atoms with Crippen LogP contribution in [0.15, 0.2) is 42.5 Å². The summed E-state index contributed by atoms with van der Waals surface area (Å²) in [5.74, 6) is 0.941. The summed E-state index contributed by atoms with van der Waals surface area (Å²) >= 11 is 0. The third kappa shape index (κ3) is 5.81. The van der Waals surface area contributed by atoms with Crippen molar-refractivity contribution in [1.82, 2.24) is 5.32 Å². The standard InChI is InChI=1S/C20H25N3O3/c1-13(2)18-9-8-17(10-14(18)3)26-12-19(24)22-11-15-4-6-16(7-5-15)23-20(21)25/h4-10,13H,11-12H2,1-3H3,(H,22,24)(H3,21,23,25). The highest BCUT2D eigenvalue weighted by Gasteiger charge is 2.07. The molecule has 0 aliphatic rings. The molecule has 3 amide bonds. The summed E-state index contributed by atoms with van der Waals surface area (Å²) in [6, 6.07) is 12.3. The molecule has 2 aromatic rings. The van der Waals surface area contributed by atoms with Crippen molar-refractivity contribution in [3.63, 3.8) is 0 Å². The van der Waals surface area contributed by atoms with Gasteiger partial charge in [-0.2, -0.15) is 0 Å². The molecule has 0 aromatic heterocycles. The third-order valence-corrected chi connectivity index (χ3v) is 3.94. The number of hydrogen-bond acceptors (Lipinski definition) is 3. The van der Waals surface area contributed by atoms with Gasteiger partial charge in [0.05, 0.1) is 0 Å². The quantitative estimate of drug-likeness (QED) is 0.711. The highest BCUT2D eigenvalue weighted by atomic mass is 16.5. The van der Waals surface area contributed by atoms with Crippen LogP contribution in [0.1, 0.15) is 36.5 Å². The predicted octanol–water partition coefficient (Wildman–Crippen LogP) is 3.30. The lowest BCUT2D eigenvalue weighted by Gasteiger charge is -2.12. The van der Waals surface area contributed by atoms with Gasteiger partial charge in [0.2, 0.25) is 0 Å². The number of benzene rings is 2. The maximum atomic E-state index is 12.0. The minimum atomic E-state index is -0.611. The van der Waals surface area contributed by atoms with Gasteiger partial charge in [0.25, 0.3) is 5.91 Å². The lowest BCUT2D eigenvalue weighted by Crippen LogP contribution is -2.28. The largest absolute Gasteiger partial charge is 0.484 e. The number of urea groups is 1. The first-order chi connectivity index (χ1) is 12.3. The Labute approximate surface area is 153 Å². The van der Waals surface area contributed by atoms with E-state index >= 15 is 0 Å². The molecule has 0 saturated heterocycles. The zero-order valence-corrected chi connectivity index (χ0v) is 15.3. The molecule has 0 unspecified atom stereocenters. The molecule has 0 radical (unpaired) electrons. The summed E-state index contributed by atoms with van der Waals surface area (Å²) in [7, 11) is 0. The molecule has 0 heterocycles. The number of hydrogen-bond donors (Lipinski definition) is 3. The van der Waals surface area contributed by atoms with Crippen LogP contribution in [0.4, 0.5) is 10.5 Å². The van der Waals surface area contributed by atoms with Crippen molar-refractivity contribution in [3.8, 4) is 5.75 Å². The Morgan fingerprint density at radius 3 is 2.38 bits per heavy atom. The van der Waals surface area contributed by atoms with Crippen LogP contribution in [-0.2, 0) is 11.3 Å². The maximum Gasteiger partial charge on any atom is 0.316 e. The highest BCUT2D eigenvalue weighted by Crippen LogP contribution is 2.23. The molecule has 0 atom stereocenters. The van der Waals surface area contributed by atoms with Crippen molar-refractivity contribution in [3.05, 3.63) is 59.2 Å². The zero-order chi connectivity index (χ0) is 19.1. The minimum Gasteiger partial charge on any atom is -0.484 e. The molecule has 0 bridgehead atoms. The van der Waals surface area contributed by atoms with Crippen LogP contribution in [0.2, 0.25) is 0 Å². The molecule has 6 nitrogen and oxygen atoms in total. The lowest BCUT2D eigenvalue weighted by molar-refractivity contribution is -0.123.